The van der Waals surface area contributed by atoms with Crippen LogP contribution >= 0.6 is 0 Å². The van der Waals surface area contributed by atoms with E-state index in [0.29, 0.717) is 17.5 Å². The molecule has 0 amide bonds. The highest BCUT2D eigenvalue weighted by Gasteiger charge is 2.16. The molecule has 0 N–H and O–H groups in total. The molecular formula is C53H37N5. The van der Waals surface area contributed by atoms with E-state index in [9.17, 15) is 0 Å². The number of para-hydroxylation sites is 2. The number of fused-ring (bicyclic) bond motifs is 2. The molecule has 58 heavy (non-hydrogen) atoms. The Hall–Kier alpha value is -7.63. The molecule has 0 atom stereocenters. The van der Waals surface area contributed by atoms with Crippen LogP contribution in [0, 0.1) is 13.8 Å². The second-order valence-electron chi connectivity index (χ2n) is 14.8. The second kappa shape index (κ2) is 14.8. The molecule has 0 spiro atoms. The molecule has 0 aliphatic carbocycles. The molecule has 0 fully saturated rings. The van der Waals surface area contributed by atoms with Crippen molar-refractivity contribution in [2.45, 2.75) is 13.8 Å². The highest BCUT2D eigenvalue weighted by atomic mass is 15.0. The zero-order chi connectivity index (χ0) is 39.0. The Morgan fingerprint density at radius 1 is 0.259 bits per heavy atom. The highest BCUT2D eigenvalue weighted by molar-refractivity contribution is 5.85. The zero-order valence-electron chi connectivity index (χ0n) is 32.1. The second-order valence-corrected chi connectivity index (χ2v) is 14.8. The first-order valence-corrected chi connectivity index (χ1v) is 19.5. The maximum atomic E-state index is 5.13. The van der Waals surface area contributed by atoms with Crippen molar-refractivity contribution in [1.82, 2.24) is 24.9 Å². The summed E-state index contributed by atoms with van der Waals surface area (Å²) >= 11 is 0. The number of pyridine rings is 2. The van der Waals surface area contributed by atoms with E-state index in [0.717, 1.165) is 83.3 Å². The molecule has 0 saturated heterocycles. The summed E-state index contributed by atoms with van der Waals surface area (Å²) in [5.41, 5.74) is 15.4. The van der Waals surface area contributed by atoms with Crippen molar-refractivity contribution in [1.29, 1.82) is 0 Å². The van der Waals surface area contributed by atoms with Gasteiger partial charge in [0.1, 0.15) is 0 Å². The minimum atomic E-state index is 0.609. The predicted octanol–water partition coefficient (Wildman–Crippen LogP) is 13.3. The van der Waals surface area contributed by atoms with Gasteiger partial charge in [-0.05, 0) is 78.6 Å². The van der Waals surface area contributed by atoms with E-state index in [1.54, 1.807) is 0 Å². The maximum Gasteiger partial charge on any atom is 0.164 e. The Balaban J connectivity index is 1.10. The summed E-state index contributed by atoms with van der Waals surface area (Å²) < 4.78 is 0. The summed E-state index contributed by atoms with van der Waals surface area (Å²) in [5, 5.41) is 2.26. The van der Waals surface area contributed by atoms with Gasteiger partial charge in [0.25, 0.3) is 0 Å². The zero-order valence-corrected chi connectivity index (χ0v) is 32.1. The molecular weight excluding hydrogens is 707 g/mol. The standard InChI is InChI=1S/C53H37N5/c1-34-11-15-42(16-12-34)51-56-52(43-17-13-35(2)14-18-43)58-53(57-51)46-32-44(36-19-23-40(24-20-36)49-29-27-38-7-3-5-9-47(38)54-49)31-45(33-46)37-21-25-41(26-22-37)50-30-28-39-8-4-6-10-48(39)55-50/h3-33H,1-2H3. The van der Waals surface area contributed by atoms with Crippen molar-refractivity contribution in [3.05, 3.63) is 199 Å². The number of benzene rings is 7. The molecule has 0 radical (unpaired) electrons. The molecule has 0 unspecified atom stereocenters. The fourth-order valence-corrected chi connectivity index (χ4v) is 7.38. The van der Waals surface area contributed by atoms with Gasteiger partial charge in [0.2, 0.25) is 0 Å². The van der Waals surface area contributed by atoms with Crippen LogP contribution in [0.15, 0.2) is 188 Å². The fourth-order valence-electron chi connectivity index (χ4n) is 7.38. The van der Waals surface area contributed by atoms with Crippen molar-refractivity contribution in [3.63, 3.8) is 0 Å². The third-order valence-electron chi connectivity index (χ3n) is 10.7. The summed E-state index contributed by atoms with van der Waals surface area (Å²) in [6.07, 6.45) is 0. The average molecular weight is 744 g/mol. The van der Waals surface area contributed by atoms with Crippen molar-refractivity contribution < 1.29 is 0 Å². The first-order valence-electron chi connectivity index (χ1n) is 19.5. The van der Waals surface area contributed by atoms with Gasteiger partial charge in [0.05, 0.1) is 22.4 Å². The summed E-state index contributed by atoms with van der Waals surface area (Å²) in [6, 6.07) is 65.5. The third kappa shape index (κ3) is 7.02. The Morgan fingerprint density at radius 3 is 1.03 bits per heavy atom. The van der Waals surface area contributed by atoms with Gasteiger partial charge < -0.3 is 0 Å². The highest BCUT2D eigenvalue weighted by Crippen LogP contribution is 2.35. The van der Waals surface area contributed by atoms with Gasteiger partial charge in [-0.15, -0.1) is 0 Å². The van der Waals surface area contributed by atoms with Crippen LogP contribution in [0.3, 0.4) is 0 Å². The first kappa shape index (κ1) is 34.8. The van der Waals surface area contributed by atoms with Crippen molar-refractivity contribution in [2.75, 3.05) is 0 Å². The van der Waals surface area contributed by atoms with Crippen LogP contribution < -0.4 is 0 Å². The van der Waals surface area contributed by atoms with Gasteiger partial charge in [-0.25, -0.2) is 24.9 Å². The number of hydrogen-bond acceptors (Lipinski definition) is 5. The smallest absolute Gasteiger partial charge is 0.164 e. The fraction of sp³-hybridized carbons (Fsp3) is 0.0377. The van der Waals surface area contributed by atoms with Crippen molar-refractivity contribution >= 4 is 21.8 Å². The maximum absolute atomic E-state index is 5.13. The SMILES string of the molecule is Cc1ccc(-c2nc(-c3ccc(C)cc3)nc(-c3cc(-c4ccc(-c5ccc6ccccc6n5)cc4)cc(-c4ccc(-c5ccc6ccccc6n5)cc4)c3)n2)cc1. The first-order chi connectivity index (χ1) is 28.5. The molecule has 5 heteroatoms. The Labute approximate surface area is 337 Å². The normalized spacial score (nSPS) is 11.3. The van der Waals surface area contributed by atoms with E-state index < -0.39 is 0 Å². The lowest BCUT2D eigenvalue weighted by atomic mass is 9.94. The van der Waals surface area contributed by atoms with E-state index in [2.05, 4.69) is 178 Å². The lowest BCUT2D eigenvalue weighted by Gasteiger charge is -2.13. The molecule has 0 aliphatic rings. The monoisotopic (exact) mass is 743 g/mol. The third-order valence-corrected chi connectivity index (χ3v) is 10.7. The number of hydrogen-bond donors (Lipinski definition) is 0. The summed E-state index contributed by atoms with van der Waals surface area (Å²) in [4.78, 5) is 25.2. The van der Waals surface area contributed by atoms with Crippen LogP contribution in [0.2, 0.25) is 0 Å². The molecule has 3 aromatic heterocycles. The Kier molecular flexibility index (Phi) is 8.88. The van der Waals surface area contributed by atoms with E-state index >= 15 is 0 Å². The lowest BCUT2D eigenvalue weighted by Crippen LogP contribution is -2.00. The van der Waals surface area contributed by atoms with Gasteiger partial charge in [-0.1, -0.05) is 157 Å². The van der Waals surface area contributed by atoms with Gasteiger partial charge >= 0.3 is 0 Å². The molecule has 5 nitrogen and oxygen atoms in total. The van der Waals surface area contributed by atoms with Gasteiger partial charge in [-0.3, -0.25) is 0 Å². The molecule has 10 rings (SSSR count). The summed E-state index contributed by atoms with van der Waals surface area (Å²) in [7, 11) is 0. The van der Waals surface area contributed by atoms with Crippen LogP contribution in [0.1, 0.15) is 11.1 Å². The number of aromatic nitrogens is 5. The van der Waals surface area contributed by atoms with Crippen LogP contribution in [0.5, 0.6) is 0 Å². The van der Waals surface area contributed by atoms with E-state index in [1.807, 2.05) is 24.3 Å². The minimum Gasteiger partial charge on any atom is -0.248 e. The van der Waals surface area contributed by atoms with E-state index in [-0.39, 0.29) is 0 Å². The number of rotatable bonds is 7. The Bertz CT molecular complexity index is 2890. The molecule has 0 aliphatic heterocycles. The quantitative estimate of drug-likeness (QED) is 0.163. The van der Waals surface area contributed by atoms with Gasteiger partial charge in [-0.2, -0.15) is 0 Å². The van der Waals surface area contributed by atoms with Crippen LogP contribution in [0.4, 0.5) is 0 Å². The molecule has 3 heterocycles. The molecule has 274 valence electrons. The lowest BCUT2D eigenvalue weighted by molar-refractivity contribution is 1.07. The summed E-state index contributed by atoms with van der Waals surface area (Å²) in [5.74, 6) is 1.87. The van der Waals surface area contributed by atoms with Crippen LogP contribution in [-0.4, -0.2) is 24.9 Å². The van der Waals surface area contributed by atoms with Crippen LogP contribution in [-0.2, 0) is 0 Å². The molecule has 0 saturated carbocycles. The average Bonchev–Trinajstić information content (AvgIpc) is 3.29. The van der Waals surface area contributed by atoms with Gasteiger partial charge in [0, 0.05) is 38.6 Å². The largest absolute Gasteiger partial charge is 0.248 e. The van der Waals surface area contributed by atoms with Gasteiger partial charge in [0.15, 0.2) is 17.5 Å². The predicted molar refractivity (Wildman–Crippen MR) is 238 cm³/mol. The molecule has 7 aromatic carbocycles. The topological polar surface area (TPSA) is 64.5 Å². The molecule has 10 aromatic rings. The van der Waals surface area contributed by atoms with Crippen molar-refractivity contribution in [2.24, 2.45) is 0 Å². The summed E-state index contributed by atoms with van der Waals surface area (Å²) in [6.45, 7) is 4.17. The minimum absolute atomic E-state index is 0.609. The number of aryl methyl sites for hydroxylation is 2. The van der Waals surface area contributed by atoms with Crippen LogP contribution in [0.25, 0.3) is 101 Å². The van der Waals surface area contributed by atoms with E-state index in [4.69, 9.17) is 24.9 Å². The number of nitrogens with zero attached hydrogens (tertiary/aromatic N) is 5. The molecule has 0 bridgehead atoms. The van der Waals surface area contributed by atoms with E-state index in [1.165, 1.54) is 11.1 Å². The Morgan fingerprint density at radius 2 is 0.603 bits per heavy atom. The van der Waals surface area contributed by atoms with Crippen molar-refractivity contribution in [3.8, 4) is 78.9 Å².